The quantitative estimate of drug-likeness (QED) is 0.119. The van der Waals surface area contributed by atoms with Crippen LogP contribution >= 0.6 is 19.6 Å². The minimum atomic E-state index is -4.80. The molecule has 8 atom stereocenters. The van der Waals surface area contributed by atoms with Crippen LogP contribution in [0.3, 0.4) is 0 Å². The number of aromatic nitrogens is 4. The normalized spacial score (nSPS) is 32.1. The van der Waals surface area contributed by atoms with Crippen LogP contribution in [0, 0.1) is 0 Å². The van der Waals surface area contributed by atoms with Crippen molar-refractivity contribution in [3.63, 3.8) is 0 Å². The Morgan fingerprint density at radius 3 is 2.89 bits per heavy atom. The smallest absolute Gasteiger partial charge is 0.387 e. The van der Waals surface area contributed by atoms with Crippen molar-refractivity contribution in [3.8, 4) is 0 Å². The number of unbranched alkanes of at least 4 members (excludes halogenated alkanes) is 1. The molecule has 16 nitrogen and oxygen atoms in total. The monoisotopic (exact) mass is 573 g/mol. The number of phosphoric ester groups is 1. The van der Waals surface area contributed by atoms with E-state index < -0.39 is 44.9 Å². The third kappa shape index (κ3) is 5.59. The number of hydrogen-bond donors (Lipinski definition) is 6. The summed E-state index contributed by atoms with van der Waals surface area (Å²) >= 11 is 1.76. The number of nitrogens with zero attached hydrogens (tertiary/aromatic N) is 4. The van der Waals surface area contributed by atoms with Gasteiger partial charge in [0, 0.05) is 17.4 Å². The molecule has 0 aliphatic carbocycles. The minimum absolute atomic E-state index is 0.0655. The summed E-state index contributed by atoms with van der Waals surface area (Å²) in [5, 5.41) is 26.9. The number of aliphatic hydroxyl groups is 2. The summed E-state index contributed by atoms with van der Waals surface area (Å²) in [7, 11) is -4.80. The van der Waals surface area contributed by atoms with Crippen molar-refractivity contribution in [2.24, 2.45) is 0 Å². The number of aliphatic hydroxyl groups excluding tert-OH is 2. The second-order valence-corrected chi connectivity index (χ2v) is 11.9. The fourth-order valence-corrected chi connectivity index (χ4v) is 7.06. The lowest BCUT2D eigenvalue weighted by atomic mass is 10.0. The average Bonchev–Trinajstić information content (AvgIpc) is 3.61. The third-order valence-corrected chi connectivity index (χ3v) is 9.09. The molecule has 2 aromatic heterocycles. The molecular weight excluding hydrogens is 545 g/mol. The van der Waals surface area contributed by atoms with E-state index in [2.05, 4.69) is 30.1 Å². The fourth-order valence-electron chi connectivity index (χ4n) is 4.78. The van der Waals surface area contributed by atoms with Crippen LogP contribution in [0.5, 0.6) is 0 Å². The van der Waals surface area contributed by atoms with E-state index in [1.165, 1.54) is 17.2 Å². The van der Waals surface area contributed by atoms with E-state index in [9.17, 15) is 29.3 Å². The number of hydrogen-bond acceptors (Lipinski definition) is 13. The molecule has 3 fully saturated rings. The number of phosphoric acid groups is 1. The molecule has 2 aromatic rings. The molecule has 0 bridgehead atoms. The number of carbonyl (C=O) groups excluding carboxylic acids is 2. The number of ether oxygens (including phenoxy) is 1. The lowest BCUT2D eigenvalue weighted by molar-refractivity contribution is -0.136. The summed E-state index contributed by atoms with van der Waals surface area (Å²) in [6.07, 6.45) is -0.985. The van der Waals surface area contributed by atoms with Crippen LogP contribution in [0.1, 0.15) is 31.9 Å². The Bertz CT molecular complexity index is 1250. The number of rotatable bonds is 10. The molecule has 0 aromatic carbocycles. The van der Waals surface area contributed by atoms with Gasteiger partial charge in [-0.2, -0.15) is 11.8 Å². The number of urea groups is 1. The lowest BCUT2D eigenvalue weighted by Crippen LogP contribution is -2.36. The Labute approximate surface area is 220 Å². The molecular formula is C20H28N7O9PS. The van der Waals surface area contributed by atoms with E-state index >= 15 is 0 Å². The van der Waals surface area contributed by atoms with Gasteiger partial charge in [-0.05, 0) is 12.8 Å². The van der Waals surface area contributed by atoms with Crippen molar-refractivity contribution in [2.75, 3.05) is 18.1 Å². The topological polar surface area (TPSA) is 233 Å². The molecule has 2 amide bonds. The van der Waals surface area contributed by atoms with E-state index in [0.29, 0.717) is 12.8 Å². The average molecular weight is 574 g/mol. The lowest BCUT2D eigenvalue weighted by Gasteiger charge is -2.18. The standard InChI is InChI=1S/C20H28N7O9PS/c21-17-14-18(23-7-22-17)27(8-24-14)19-16(30)15(29)10(35-19)5-34-37(32,33)36-12(28)4-2-1-3-11-13-9(6-38-11)25-20(31)26-13/h7-11,13,15-16,19,29-30H,1-6H2,(H,32,33)(H2,21,22,23)(H2,25,26,31). The molecule has 0 saturated carbocycles. The summed E-state index contributed by atoms with van der Waals surface area (Å²) in [6.45, 7) is -0.638. The minimum Gasteiger partial charge on any atom is -0.387 e. The van der Waals surface area contributed by atoms with Crippen LogP contribution in [0.15, 0.2) is 12.7 Å². The maximum absolute atomic E-state index is 12.3. The van der Waals surface area contributed by atoms with Gasteiger partial charge in [-0.3, -0.25) is 18.8 Å². The van der Waals surface area contributed by atoms with E-state index in [4.69, 9.17) is 15.0 Å². The zero-order chi connectivity index (χ0) is 27.0. The number of nitrogen functional groups attached to an aromatic ring is 1. The summed E-state index contributed by atoms with van der Waals surface area (Å²) < 4.78 is 28.8. The number of anilines is 1. The highest BCUT2D eigenvalue weighted by Crippen LogP contribution is 2.45. The molecule has 3 aliphatic heterocycles. The predicted octanol–water partition coefficient (Wildman–Crippen LogP) is -0.586. The van der Waals surface area contributed by atoms with E-state index in [0.717, 1.165) is 12.2 Å². The van der Waals surface area contributed by atoms with Gasteiger partial charge in [-0.15, -0.1) is 0 Å². The van der Waals surface area contributed by atoms with E-state index in [1.807, 2.05) is 0 Å². The first-order valence-corrected chi connectivity index (χ1v) is 14.5. The fraction of sp³-hybridized carbons (Fsp3) is 0.650. The summed E-state index contributed by atoms with van der Waals surface area (Å²) in [5.41, 5.74) is 6.30. The number of imidazole rings is 1. The molecule has 0 radical (unpaired) electrons. The van der Waals surface area contributed by atoms with Crippen LogP contribution < -0.4 is 16.4 Å². The molecule has 38 heavy (non-hydrogen) atoms. The van der Waals surface area contributed by atoms with Crippen LogP contribution in [0.2, 0.25) is 0 Å². The number of nitrogens with one attached hydrogen (secondary N) is 2. The first-order chi connectivity index (χ1) is 18.1. The summed E-state index contributed by atoms with van der Waals surface area (Å²) in [4.78, 5) is 45.5. The van der Waals surface area contributed by atoms with Gasteiger partial charge < -0.3 is 35.8 Å². The van der Waals surface area contributed by atoms with Gasteiger partial charge in [-0.25, -0.2) is 24.3 Å². The first kappa shape index (κ1) is 27.1. The van der Waals surface area contributed by atoms with Crippen molar-refractivity contribution in [1.82, 2.24) is 30.2 Å². The highest BCUT2D eigenvalue weighted by atomic mass is 32.2. The number of nitrogens with two attached hydrogens (primary N) is 1. The van der Waals surface area contributed by atoms with E-state index in [1.54, 1.807) is 11.8 Å². The van der Waals surface area contributed by atoms with Crippen molar-refractivity contribution in [1.29, 1.82) is 0 Å². The predicted molar refractivity (Wildman–Crippen MR) is 131 cm³/mol. The Morgan fingerprint density at radius 2 is 2.08 bits per heavy atom. The highest BCUT2D eigenvalue weighted by Gasteiger charge is 2.46. The molecule has 5 rings (SSSR count). The van der Waals surface area contributed by atoms with Crippen molar-refractivity contribution >= 4 is 48.6 Å². The van der Waals surface area contributed by atoms with Gasteiger partial charge in [-0.1, -0.05) is 6.42 Å². The second-order valence-electron chi connectivity index (χ2n) is 9.22. The van der Waals surface area contributed by atoms with Crippen LogP contribution in [0.25, 0.3) is 11.2 Å². The number of thioether (sulfide) groups is 1. The summed E-state index contributed by atoms with van der Waals surface area (Å²) in [5.74, 6) is 0.0483. The van der Waals surface area contributed by atoms with E-state index in [-0.39, 0.29) is 46.8 Å². The van der Waals surface area contributed by atoms with Crippen molar-refractivity contribution in [3.05, 3.63) is 12.7 Å². The zero-order valence-electron chi connectivity index (χ0n) is 20.0. The van der Waals surface area contributed by atoms with Crippen molar-refractivity contribution < 1.29 is 43.0 Å². The van der Waals surface area contributed by atoms with Gasteiger partial charge in [0.1, 0.15) is 30.2 Å². The molecule has 18 heteroatoms. The zero-order valence-corrected chi connectivity index (χ0v) is 21.7. The van der Waals surface area contributed by atoms with Crippen LogP contribution in [-0.4, -0.2) is 94.6 Å². The largest absolute Gasteiger partial charge is 0.529 e. The Kier molecular flexibility index (Phi) is 7.77. The SMILES string of the molecule is Nc1ncnc2c1ncn2C1OC(COP(=O)(O)OC(=O)CCCCC2SCC3NC(=O)NC32)C(O)C1O. The number of carbonyl (C=O) groups is 2. The van der Waals surface area contributed by atoms with Crippen LogP contribution in [-0.2, 0) is 23.1 Å². The van der Waals surface area contributed by atoms with Crippen LogP contribution in [0.4, 0.5) is 10.6 Å². The third-order valence-electron chi connectivity index (χ3n) is 6.68. The first-order valence-electron chi connectivity index (χ1n) is 12.0. The van der Waals surface area contributed by atoms with Gasteiger partial charge in [0.2, 0.25) is 0 Å². The van der Waals surface area contributed by atoms with Gasteiger partial charge in [0.15, 0.2) is 17.7 Å². The van der Waals surface area contributed by atoms with Gasteiger partial charge in [0.25, 0.3) is 0 Å². The molecule has 5 heterocycles. The molecule has 3 aliphatic rings. The molecule has 0 spiro atoms. The molecule has 208 valence electrons. The Morgan fingerprint density at radius 1 is 1.26 bits per heavy atom. The Hall–Kier alpha value is -2.53. The number of fused-ring (bicyclic) bond motifs is 2. The summed E-state index contributed by atoms with van der Waals surface area (Å²) in [6, 6.07) is 0.0180. The molecule has 7 N–H and O–H groups in total. The maximum atomic E-state index is 12.3. The maximum Gasteiger partial charge on any atom is 0.529 e. The van der Waals surface area contributed by atoms with Crippen molar-refractivity contribution in [2.45, 2.75) is 67.6 Å². The molecule has 8 unspecified atom stereocenters. The highest BCUT2D eigenvalue weighted by molar-refractivity contribution is 8.00. The number of amides is 2. The Balaban J connectivity index is 1.06. The van der Waals surface area contributed by atoms with Gasteiger partial charge >= 0.3 is 19.8 Å². The molecule has 3 saturated heterocycles. The second kappa shape index (κ2) is 10.9. The van der Waals surface area contributed by atoms with Gasteiger partial charge in [0.05, 0.1) is 25.0 Å².